The summed E-state index contributed by atoms with van der Waals surface area (Å²) in [6.07, 6.45) is 8.54. The molecule has 1 atom stereocenters. The van der Waals surface area contributed by atoms with E-state index < -0.39 is 5.91 Å². The quantitative estimate of drug-likeness (QED) is 0.310. The van der Waals surface area contributed by atoms with Crippen LogP contribution in [0.2, 0.25) is 0 Å². The molecule has 198 valence electrons. The molecule has 0 radical (unpaired) electrons. The van der Waals surface area contributed by atoms with Gasteiger partial charge in [0.1, 0.15) is 17.7 Å². The number of carbonyl (C=O) groups is 2. The highest BCUT2D eigenvalue weighted by Crippen LogP contribution is 2.44. The molecule has 9 heteroatoms. The number of hydrogen-bond donors (Lipinski definition) is 2. The van der Waals surface area contributed by atoms with Gasteiger partial charge in [0.25, 0.3) is 0 Å². The number of nitrogens with zero attached hydrogens (tertiary/aromatic N) is 4. The van der Waals surface area contributed by atoms with Crippen LogP contribution in [0.15, 0.2) is 79.4 Å². The topological polar surface area (TPSA) is 115 Å². The van der Waals surface area contributed by atoms with Gasteiger partial charge >= 0.3 is 0 Å². The molecule has 5 heterocycles. The van der Waals surface area contributed by atoms with Crippen molar-refractivity contribution >= 4 is 39.9 Å². The molecule has 1 unspecified atom stereocenters. The minimum Gasteiger partial charge on any atom is -0.485 e. The summed E-state index contributed by atoms with van der Waals surface area (Å²) in [6, 6.07) is 17.3. The molecule has 3 aromatic heterocycles. The van der Waals surface area contributed by atoms with E-state index in [-0.39, 0.29) is 12.0 Å². The fourth-order valence-electron chi connectivity index (χ4n) is 5.66. The Bertz CT molecular complexity index is 1830. The van der Waals surface area contributed by atoms with Crippen LogP contribution in [-0.2, 0) is 4.79 Å². The highest BCUT2D eigenvalue weighted by atomic mass is 16.5. The third kappa shape index (κ3) is 3.94. The molecule has 2 aliphatic rings. The average molecular weight is 531 g/mol. The molecule has 1 saturated heterocycles. The minimum absolute atomic E-state index is 0.153. The Morgan fingerprint density at radius 3 is 2.77 bits per heavy atom. The lowest BCUT2D eigenvalue weighted by Crippen LogP contribution is -2.24. The lowest BCUT2D eigenvalue weighted by atomic mass is 9.94. The zero-order chi connectivity index (χ0) is 27.4. The highest BCUT2D eigenvalue weighted by molar-refractivity contribution is 6.06. The highest BCUT2D eigenvalue weighted by Gasteiger charge is 2.27. The molecular formula is C31H26N6O3. The maximum absolute atomic E-state index is 12.2. The minimum atomic E-state index is -0.460. The van der Waals surface area contributed by atoms with Gasteiger partial charge in [0.2, 0.25) is 11.8 Å². The first-order valence-corrected chi connectivity index (χ1v) is 13.2. The van der Waals surface area contributed by atoms with E-state index in [2.05, 4.69) is 15.3 Å². The molecule has 0 bridgehead atoms. The Labute approximate surface area is 230 Å². The molecule has 9 nitrogen and oxygen atoms in total. The molecule has 0 spiro atoms. The van der Waals surface area contributed by atoms with Gasteiger partial charge in [-0.1, -0.05) is 6.07 Å². The Kier molecular flexibility index (Phi) is 5.52. The third-order valence-corrected chi connectivity index (χ3v) is 7.59. The number of anilines is 3. The van der Waals surface area contributed by atoms with Crippen LogP contribution in [0, 0.1) is 0 Å². The van der Waals surface area contributed by atoms with Crippen LogP contribution in [0.1, 0.15) is 41.8 Å². The van der Waals surface area contributed by atoms with Gasteiger partial charge in [0.05, 0.1) is 29.3 Å². The van der Waals surface area contributed by atoms with Crippen molar-refractivity contribution in [1.82, 2.24) is 14.5 Å². The van der Waals surface area contributed by atoms with Crippen molar-refractivity contribution in [1.29, 1.82) is 0 Å². The Morgan fingerprint density at radius 2 is 1.95 bits per heavy atom. The molecule has 2 aliphatic heterocycles. The summed E-state index contributed by atoms with van der Waals surface area (Å²) in [7, 11) is 0. The summed E-state index contributed by atoms with van der Waals surface area (Å²) >= 11 is 0. The number of benzene rings is 2. The number of hydrogen-bond acceptors (Lipinski definition) is 6. The van der Waals surface area contributed by atoms with Crippen molar-refractivity contribution in [3.63, 3.8) is 0 Å². The van der Waals surface area contributed by atoms with Gasteiger partial charge in [-0.3, -0.25) is 14.6 Å². The second-order valence-corrected chi connectivity index (χ2v) is 10.1. The lowest BCUT2D eigenvalue weighted by Gasteiger charge is -2.28. The Hall–Kier alpha value is -5.18. The van der Waals surface area contributed by atoms with E-state index in [1.54, 1.807) is 18.5 Å². The van der Waals surface area contributed by atoms with Gasteiger partial charge < -0.3 is 25.3 Å². The van der Waals surface area contributed by atoms with Gasteiger partial charge in [-0.2, -0.15) is 0 Å². The summed E-state index contributed by atoms with van der Waals surface area (Å²) < 4.78 is 8.26. The number of primary amides is 1. The fourth-order valence-corrected chi connectivity index (χ4v) is 5.66. The number of nitrogens with one attached hydrogen (secondary N) is 1. The largest absolute Gasteiger partial charge is 0.485 e. The average Bonchev–Trinajstić information content (AvgIpc) is 3.59. The SMILES string of the molecule is CC1Oc2cc(N3CCCC3=O)ccc2-c2cnc(Nc3cncc(-n4ccc5c(C(N)=O)cccc54)c3)cc21. The fraction of sp³-hybridized carbons (Fsp3) is 0.161. The standard InChI is InChI=1S/C31H26N6O3/c1-18-25-14-29(34-17-26(25)23-8-7-20(13-28(23)40-18)37-10-3-6-30(37)38)35-19-12-21(16-33-15-19)36-11-9-22-24(31(32)39)4-2-5-27(22)36/h2,4-5,7-9,11-18H,3,6,10H2,1H3,(H2,32,39)(H,34,35). The van der Waals surface area contributed by atoms with Crippen LogP contribution in [0.25, 0.3) is 27.7 Å². The normalized spacial score (nSPS) is 16.0. The molecule has 0 aliphatic carbocycles. The monoisotopic (exact) mass is 530 g/mol. The number of rotatable bonds is 5. The number of carbonyl (C=O) groups excluding carboxylic acids is 2. The predicted molar refractivity (Wildman–Crippen MR) is 153 cm³/mol. The smallest absolute Gasteiger partial charge is 0.249 e. The maximum Gasteiger partial charge on any atom is 0.249 e. The molecule has 5 aromatic rings. The van der Waals surface area contributed by atoms with Crippen LogP contribution in [0.4, 0.5) is 17.2 Å². The molecule has 40 heavy (non-hydrogen) atoms. The van der Waals surface area contributed by atoms with E-state index in [4.69, 9.17) is 10.5 Å². The summed E-state index contributed by atoms with van der Waals surface area (Å²) in [4.78, 5) is 35.0. The van der Waals surface area contributed by atoms with Crippen molar-refractivity contribution in [3.8, 4) is 22.6 Å². The molecule has 7 rings (SSSR count). The van der Waals surface area contributed by atoms with E-state index in [9.17, 15) is 9.59 Å². The van der Waals surface area contributed by atoms with Gasteiger partial charge in [-0.15, -0.1) is 0 Å². The van der Waals surface area contributed by atoms with Crippen LogP contribution < -0.4 is 20.7 Å². The van der Waals surface area contributed by atoms with E-state index >= 15 is 0 Å². The van der Waals surface area contributed by atoms with Crippen molar-refractivity contribution in [2.24, 2.45) is 5.73 Å². The zero-order valence-corrected chi connectivity index (χ0v) is 21.8. The Balaban J connectivity index is 1.18. The molecule has 2 amide bonds. The van der Waals surface area contributed by atoms with E-state index in [0.29, 0.717) is 17.8 Å². The first-order valence-electron chi connectivity index (χ1n) is 13.2. The first kappa shape index (κ1) is 23.9. The first-order chi connectivity index (χ1) is 19.5. The third-order valence-electron chi connectivity index (χ3n) is 7.59. The molecular weight excluding hydrogens is 504 g/mol. The number of aromatic nitrogens is 3. The number of pyridine rings is 2. The van der Waals surface area contributed by atoms with Crippen molar-refractivity contribution in [2.45, 2.75) is 25.9 Å². The second-order valence-electron chi connectivity index (χ2n) is 10.1. The van der Waals surface area contributed by atoms with Gasteiger partial charge in [0, 0.05) is 64.8 Å². The van der Waals surface area contributed by atoms with E-state index in [0.717, 1.165) is 63.4 Å². The zero-order valence-electron chi connectivity index (χ0n) is 21.8. The number of amides is 2. The summed E-state index contributed by atoms with van der Waals surface area (Å²) in [5, 5.41) is 4.16. The van der Waals surface area contributed by atoms with Crippen molar-refractivity contribution in [2.75, 3.05) is 16.8 Å². The predicted octanol–water partition coefficient (Wildman–Crippen LogP) is 5.51. The summed E-state index contributed by atoms with van der Waals surface area (Å²) in [6.45, 7) is 2.75. The van der Waals surface area contributed by atoms with Crippen LogP contribution in [0.5, 0.6) is 5.75 Å². The number of fused-ring (bicyclic) bond motifs is 4. The number of nitrogens with two attached hydrogens (primary N) is 1. The van der Waals surface area contributed by atoms with E-state index in [1.807, 2.05) is 77.3 Å². The molecule has 3 N–H and O–H groups in total. The second kappa shape index (κ2) is 9.23. The molecule has 1 fully saturated rings. The van der Waals surface area contributed by atoms with Gasteiger partial charge in [-0.25, -0.2) is 4.98 Å². The van der Waals surface area contributed by atoms with Crippen LogP contribution >= 0.6 is 0 Å². The van der Waals surface area contributed by atoms with Crippen molar-refractivity contribution in [3.05, 3.63) is 90.5 Å². The number of ether oxygens (including phenoxy) is 1. The van der Waals surface area contributed by atoms with Crippen molar-refractivity contribution < 1.29 is 14.3 Å². The van der Waals surface area contributed by atoms with Crippen LogP contribution in [-0.4, -0.2) is 32.9 Å². The van der Waals surface area contributed by atoms with Gasteiger partial charge in [-0.05, 0) is 55.8 Å². The van der Waals surface area contributed by atoms with Crippen LogP contribution in [0.3, 0.4) is 0 Å². The molecule has 0 saturated carbocycles. The Morgan fingerprint density at radius 1 is 1.05 bits per heavy atom. The lowest BCUT2D eigenvalue weighted by molar-refractivity contribution is -0.117. The summed E-state index contributed by atoms with van der Waals surface area (Å²) in [5.74, 6) is 1.12. The maximum atomic E-state index is 12.2. The molecule has 2 aromatic carbocycles. The van der Waals surface area contributed by atoms with E-state index in [1.165, 1.54) is 0 Å². The van der Waals surface area contributed by atoms with Gasteiger partial charge in [0.15, 0.2) is 0 Å². The summed E-state index contributed by atoms with van der Waals surface area (Å²) in [5.41, 5.74) is 12.4.